The van der Waals surface area contributed by atoms with Crippen LogP contribution in [0.15, 0.2) is 60.7 Å². The van der Waals surface area contributed by atoms with Crippen molar-refractivity contribution in [2.45, 2.75) is 20.3 Å². The molecule has 0 saturated carbocycles. The van der Waals surface area contributed by atoms with Gasteiger partial charge in [0.25, 0.3) is 0 Å². The lowest BCUT2D eigenvalue weighted by molar-refractivity contribution is 0.0991. The number of benzene rings is 3. The summed E-state index contributed by atoms with van der Waals surface area (Å²) in [5.74, 6) is 0.0469. The van der Waals surface area contributed by atoms with Gasteiger partial charge in [-0.05, 0) is 48.7 Å². The smallest absolute Gasteiger partial charge is 0.193 e. The van der Waals surface area contributed by atoms with Gasteiger partial charge in [-0.2, -0.15) is 0 Å². The standard InChI is InChI=1S/C23H19NO2/c1-14-7-3-5-9-17(14)23(26)18-13-21-19(11-15(18)2)22(25)12-16-8-4-6-10-20(16)24-21/h3-11,13,24H,12H2,1-2H3. The second-order valence-electron chi connectivity index (χ2n) is 6.74. The maximum Gasteiger partial charge on any atom is 0.193 e. The Morgan fingerprint density at radius 2 is 1.58 bits per heavy atom. The van der Waals surface area contributed by atoms with Crippen molar-refractivity contribution in [2.75, 3.05) is 5.32 Å². The zero-order valence-corrected chi connectivity index (χ0v) is 14.8. The van der Waals surface area contributed by atoms with Gasteiger partial charge in [-0.3, -0.25) is 9.59 Å². The Balaban J connectivity index is 1.84. The van der Waals surface area contributed by atoms with E-state index < -0.39 is 0 Å². The second-order valence-corrected chi connectivity index (χ2v) is 6.74. The molecule has 0 fully saturated rings. The molecule has 0 unspecified atom stereocenters. The molecule has 0 aromatic heterocycles. The molecule has 0 bridgehead atoms. The summed E-state index contributed by atoms with van der Waals surface area (Å²) in [5, 5.41) is 3.35. The molecule has 3 aromatic carbocycles. The predicted octanol–water partition coefficient (Wildman–Crippen LogP) is 5.02. The predicted molar refractivity (Wildman–Crippen MR) is 104 cm³/mol. The zero-order chi connectivity index (χ0) is 18.3. The fourth-order valence-electron chi connectivity index (χ4n) is 3.47. The number of Topliss-reactive ketones (excluding diaryl/α,β-unsaturated/α-hetero) is 1. The molecule has 0 radical (unpaired) electrons. The van der Waals surface area contributed by atoms with Gasteiger partial charge < -0.3 is 5.32 Å². The summed E-state index contributed by atoms with van der Waals surface area (Å²) >= 11 is 0. The molecule has 0 saturated heterocycles. The molecule has 0 atom stereocenters. The Bertz CT molecular complexity index is 1050. The highest BCUT2D eigenvalue weighted by molar-refractivity contribution is 6.13. The summed E-state index contributed by atoms with van der Waals surface area (Å²) in [6.45, 7) is 3.82. The zero-order valence-electron chi connectivity index (χ0n) is 14.8. The van der Waals surface area contributed by atoms with Gasteiger partial charge in [0.15, 0.2) is 11.6 Å². The average molecular weight is 341 g/mol. The van der Waals surface area contributed by atoms with Crippen LogP contribution < -0.4 is 5.32 Å². The van der Waals surface area contributed by atoms with Gasteiger partial charge >= 0.3 is 0 Å². The van der Waals surface area contributed by atoms with E-state index in [2.05, 4.69) is 5.32 Å². The Morgan fingerprint density at radius 1 is 0.846 bits per heavy atom. The van der Waals surface area contributed by atoms with Crippen molar-refractivity contribution in [1.29, 1.82) is 0 Å². The number of rotatable bonds is 2. The minimum absolute atomic E-state index is 0.0184. The van der Waals surface area contributed by atoms with Crippen LogP contribution in [0.5, 0.6) is 0 Å². The molecule has 3 nitrogen and oxygen atoms in total. The van der Waals surface area contributed by atoms with E-state index in [1.807, 2.05) is 74.5 Å². The number of carbonyl (C=O) groups excluding carboxylic acids is 2. The van der Waals surface area contributed by atoms with Gasteiger partial charge in [0, 0.05) is 28.8 Å². The van der Waals surface area contributed by atoms with Crippen LogP contribution in [0.4, 0.5) is 11.4 Å². The third-order valence-corrected chi connectivity index (χ3v) is 4.94. The Kier molecular flexibility index (Phi) is 3.92. The first kappa shape index (κ1) is 16.3. The minimum Gasteiger partial charge on any atom is -0.355 e. The van der Waals surface area contributed by atoms with Crippen molar-refractivity contribution < 1.29 is 9.59 Å². The number of aryl methyl sites for hydroxylation is 2. The molecule has 0 amide bonds. The third-order valence-electron chi connectivity index (χ3n) is 4.94. The molecule has 128 valence electrons. The van der Waals surface area contributed by atoms with Crippen LogP contribution in [0.1, 0.15) is 43.0 Å². The van der Waals surface area contributed by atoms with E-state index in [1.54, 1.807) is 0 Å². The molecule has 3 heteroatoms. The van der Waals surface area contributed by atoms with Crippen molar-refractivity contribution in [1.82, 2.24) is 0 Å². The molecule has 1 aliphatic heterocycles. The van der Waals surface area contributed by atoms with Crippen LogP contribution in [-0.4, -0.2) is 11.6 Å². The van der Waals surface area contributed by atoms with Gasteiger partial charge in [0.05, 0.1) is 5.69 Å². The maximum absolute atomic E-state index is 13.1. The second kappa shape index (κ2) is 6.26. The Morgan fingerprint density at radius 3 is 2.38 bits per heavy atom. The highest BCUT2D eigenvalue weighted by Crippen LogP contribution is 2.32. The first-order valence-electron chi connectivity index (χ1n) is 8.67. The summed E-state index contributed by atoms with van der Waals surface area (Å²) < 4.78 is 0. The first-order valence-corrected chi connectivity index (χ1v) is 8.67. The van der Waals surface area contributed by atoms with Gasteiger partial charge in [-0.25, -0.2) is 0 Å². The van der Waals surface area contributed by atoms with E-state index in [1.165, 1.54) is 0 Å². The first-order chi connectivity index (χ1) is 12.5. The summed E-state index contributed by atoms with van der Waals surface area (Å²) in [7, 11) is 0. The summed E-state index contributed by atoms with van der Waals surface area (Å²) in [6.07, 6.45) is 0.362. The van der Waals surface area contributed by atoms with Crippen LogP contribution in [0.3, 0.4) is 0 Å². The van der Waals surface area contributed by atoms with Crippen molar-refractivity contribution >= 4 is 22.9 Å². The number of hydrogen-bond acceptors (Lipinski definition) is 3. The van der Waals surface area contributed by atoms with Gasteiger partial charge in [0.2, 0.25) is 0 Å². The van der Waals surface area contributed by atoms with Crippen molar-refractivity contribution in [2.24, 2.45) is 0 Å². The monoisotopic (exact) mass is 341 g/mol. The van der Waals surface area contributed by atoms with Crippen LogP contribution in [0, 0.1) is 13.8 Å². The molecule has 1 N–H and O–H groups in total. The van der Waals surface area contributed by atoms with Crippen molar-refractivity contribution in [3.05, 3.63) is 94.0 Å². The van der Waals surface area contributed by atoms with Crippen LogP contribution in [0.25, 0.3) is 0 Å². The lowest BCUT2D eigenvalue weighted by Crippen LogP contribution is -2.09. The number of ketones is 2. The minimum atomic E-state index is -0.0184. The maximum atomic E-state index is 13.1. The van der Waals surface area contributed by atoms with E-state index in [4.69, 9.17) is 0 Å². The van der Waals surface area contributed by atoms with E-state index in [-0.39, 0.29) is 11.6 Å². The molecular weight excluding hydrogens is 322 g/mol. The molecule has 0 aliphatic carbocycles. The molecule has 26 heavy (non-hydrogen) atoms. The Hall–Kier alpha value is -3.20. The summed E-state index contributed by atoms with van der Waals surface area (Å²) in [5.41, 5.74) is 6.30. The number of para-hydroxylation sites is 1. The number of carbonyl (C=O) groups is 2. The molecule has 1 aliphatic rings. The fourth-order valence-corrected chi connectivity index (χ4v) is 3.47. The highest BCUT2D eigenvalue weighted by Gasteiger charge is 2.23. The number of fused-ring (bicyclic) bond motifs is 2. The summed E-state index contributed by atoms with van der Waals surface area (Å²) in [6, 6.07) is 19.0. The van der Waals surface area contributed by atoms with E-state index in [0.29, 0.717) is 28.8 Å². The lowest BCUT2D eigenvalue weighted by Gasteiger charge is -2.14. The lowest BCUT2D eigenvalue weighted by atomic mass is 9.92. The van der Waals surface area contributed by atoms with E-state index in [9.17, 15) is 9.59 Å². The number of nitrogens with one attached hydrogen (secondary N) is 1. The largest absolute Gasteiger partial charge is 0.355 e. The topological polar surface area (TPSA) is 46.2 Å². The van der Waals surface area contributed by atoms with Crippen LogP contribution in [-0.2, 0) is 6.42 Å². The van der Waals surface area contributed by atoms with Gasteiger partial charge in [-0.1, -0.05) is 42.5 Å². The van der Waals surface area contributed by atoms with Gasteiger partial charge in [-0.15, -0.1) is 0 Å². The SMILES string of the molecule is Cc1ccccc1C(=O)c1cc2c(cc1C)C(=O)Cc1ccccc1N2. The van der Waals surface area contributed by atoms with Crippen molar-refractivity contribution in [3.8, 4) is 0 Å². The molecular formula is C23H19NO2. The molecule has 3 aromatic rings. The fraction of sp³-hybridized carbons (Fsp3) is 0.130. The van der Waals surface area contributed by atoms with Gasteiger partial charge in [0.1, 0.15) is 0 Å². The molecule has 4 rings (SSSR count). The van der Waals surface area contributed by atoms with Crippen LogP contribution in [0.2, 0.25) is 0 Å². The molecule has 1 heterocycles. The van der Waals surface area contributed by atoms with Crippen LogP contribution >= 0.6 is 0 Å². The van der Waals surface area contributed by atoms with Crippen molar-refractivity contribution in [3.63, 3.8) is 0 Å². The van der Waals surface area contributed by atoms with E-state index >= 15 is 0 Å². The average Bonchev–Trinajstić information content (AvgIpc) is 2.77. The Labute approximate surface area is 152 Å². The van der Waals surface area contributed by atoms with E-state index in [0.717, 1.165) is 22.4 Å². The summed E-state index contributed by atoms with van der Waals surface area (Å²) in [4.78, 5) is 25.8. The normalized spacial score (nSPS) is 12.6. The number of anilines is 2. The quantitative estimate of drug-likeness (QED) is 0.666. The highest BCUT2D eigenvalue weighted by atomic mass is 16.1. The third kappa shape index (κ3) is 2.72. The number of hydrogen-bond donors (Lipinski definition) is 1. The molecule has 0 spiro atoms.